The third-order valence-electron chi connectivity index (χ3n) is 9.46. The van der Waals surface area contributed by atoms with Gasteiger partial charge in [0.1, 0.15) is 22.3 Å². The lowest BCUT2D eigenvalue weighted by molar-refractivity contribution is 0.663. The third kappa shape index (κ3) is 3.65. The van der Waals surface area contributed by atoms with Crippen LogP contribution in [0.5, 0.6) is 0 Å². The van der Waals surface area contributed by atoms with Crippen LogP contribution in [-0.4, -0.2) is 0 Å². The Kier molecular flexibility index (Phi) is 5.31. The van der Waals surface area contributed by atoms with Gasteiger partial charge in [-0.1, -0.05) is 121 Å². The van der Waals surface area contributed by atoms with Crippen molar-refractivity contribution in [1.82, 2.24) is 0 Å². The van der Waals surface area contributed by atoms with E-state index in [-0.39, 0.29) is 0 Å². The fraction of sp³-hybridized carbons (Fsp3) is 0. The number of benzene rings is 8. The summed E-state index contributed by atoms with van der Waals surface area (Å²) in [7, 11) is 0. The Morgan fingerprint density at radius 2 is 0.848 bits per heavy atom. The maximum Gasteiger partial charge on any atom is 0.147 e. The summed E-state index contributed by atoms with van der Waals surface area (Å²) in [6.45, 7) is 0. The topological polar surface area (TPSA) is 26.3 Å². The molecule has 0 aliphatic rings. The minimum absolute atomic E-state index is 0.835. The zero-order valence-corrected chi connectivity index (χ0v) is 24.8. The Labute approximate surface area is 264 Å². The van der Waals surface area contributed by atoms with Crippen molar-refractivity contribution in [2.24, 2.45) is 0 Å². The van der Waals surface area contributed by atoms with E-state index in [2.05, 4.69) is 146 Å². The van der Waals surface area contributed by atoms with Gasteiger partial charge in [-0.05, 0) is 91.3 Å². The molecular weight excluding hydrogens is 560 g/mol. The van der Waals surface area contributed by atoms with Crippen molar-refractivity contribution in [3.8, 4) is 33.4 Å². The summed E-state index contributed by atoms with van der Waals surface area (Å²) < 4.78 is 12.9. The van der Waals surface area contributed by atoms with Crippen LogP contribution in [0, 0.1) is 0 Å². The van der Waals surface area contributed by atoms with Gasteiger partial charge in [0.25, 0.3) is 0 Å². The quantitative estimate of drug-likeness (QED) is 0.193. The Balaban J connectivity index is 1.23. The van der Waals surface area contributed by atoms with Crippen LogP contribution in [0.2, 0.25) is 0 Å². The van der Waals surface area contributed by atoms with E-state index in [0.29, 0.717) is 0 Å². The molecule has 0 radical (unpaired) electrons. The third-order valence-corrected chi connectivity index (χ3v) is 9.46. The van der Waals surface area contributed by atoms with Crippen molar-refractivity contribution < 1.29 is 8.83 Å². The molecule has 0 spiro atoms. The van der Waals surface area contributed by atoms with Gasteiger partial charge in [-0.3, -0.25) is 0 Å². The second-order valence-corrected chi connectivity index (χ2v) is 12.0. The fourth-order valence-electron chi connectivity index (χ4n) is 7.43. The predicted octanol–water partition coefficient (Wildman–Crippen LogP) is 12.8. The number of hydrogen-bond acceptors (Lipinski definition) is 2. The first-order valence-electron chi connectivity index (χ1n) is 15.7. The van der Waals surface area contributed by atoms with Gasteiger partial charge >= 0.3 is 0 Å². The Morgan fingerprint density at radius 1 is 0.283 bits per heavy atom. The van der Waals surface area contributed by atoms with Crippen LogP contribution in [0.4, 0.5) is 0 Å². The molecule has 10 aromatic rings. The van der Waals surface area contributed by atoms with Crippen molar-refractivity contribution in [3.05, 3.63) is 158 Å². The van der Waals surface area contributed by atoms with Gasteiger partial charge in [0.15, 0.2) is 0 Å². The van der Waals surface area contributed by atoms with Crippen LogP contribution in [0.1, 0.15) is 0 Å². The lowest BCUT2D eigenvalue weighted by atomic mass is 9.85. The maximum atomic E-state index is 6.53. The average Bonchev–Trinajstić information content (AvgIpc) is 3.69. The number of fused-ring (bicyclic) bond motifs is 9. The van der Waals surface area contributed by atoms with Crippen LogP contribution in [0.25, 0.3) is 98.8 Å². The van der Waals surface area contributed by atoms with Crippen LogP contribution >= 0.6 is 0 Å². The van der Waals surface area contributed by atoms with Crippen LogP contribution in [-0.2, 0) is 0 Å². The van der Waals surface area contributed by atoms with Gasteiger partial charge in [0, 0.05) is 16.2 Å². The summed E-state index contributed by atoms with van der Waals surface area (Å²) in [6, 6.07) is 56.2. The molecule has 2 heterocycles. The van der Waals surface area contributed by atoms with E-state index in [4.69, 9.17) is 8.83 Å². The molecular formula is C44H26O2. The molecule has 8 aromatic carbocycles. The van der Waals surface area contributed by atoms with E-state index < -0.39 is 0 Å². The number of rotatable bonds is 3. The molecule has 0 saturated heterocycles. The molecule has 0 fully saturated rings. The summed E-state index contributed by atoms with van der Waals surface area (Å²) in [5.41, 5.74) is 10.7. The summed E-state index contributed by atoms with van der Waals surface area (Å²) in [4.78, 5) is 0. The number of furan rings is 2. The van der Waals surface area contributed by atoms with Crippen molar-refractivity contribution in [2.75, 3.05) is 0 Å². The van der Waals surface area contributed by atoms with Crippen LogP contribution < -0.4 is 0 Å². The molecule has 2 nitrogen and oxygen atoms in total. The fourth-order valence-corrected chi connectivity index (χ4v) is 7.43. The molecule has 0 bridgehead atoms. The van der Waals surface area contributed by atoms with Crippen molar-refractivity contribution in [3.63, 3.8) is 0 Å². The molecule has 0 aliphatic carbocycles. The molecule has 2 aromatic heterocycles. The lowest BCUT2D eigenvalue weighted by Crippen LogP contribution is -1.91. The highest BCUT2D eigenvalue weighted by molar-refractivity contribution is 6.24. The molecule has 0 amide bonds. The van der Waals surface area contributed by atoms with Gasteiger partial charge in [0.2, 0.25) is 0 Å². The zero-order chi connectivity index (χ0) is 30.2. The minimum atomic E-state index is 0.835. The minimum Gasteiger partial charge on any atom is -0.456 e. The Bertz CT molecular complexity index is 2740. The van der Waals surface area contributed by atoms with Crippen LogP contribution in [0.3, 0.4) is 0 Å². The molecule has 10 rings (SSSR count). The van der Waals surface area contributed by atoms with Gasteiger partial charge in [-0.2, -0.15) is 0 Å². The number of para-hydroxylation sites is 1. The molecule has 0 atom stereocenters. The highest BCUT2D eigenvalue weighted by atomic mass is 16.3. The van der Waals surface area contributed by atoms with E-state index >= 15 is 0 Å². The highest BCUT2D eigenvalue weighted by Crippen LogP contribution is 2.46. The second-order valence-electron chi connectivity index (χ2n) is 12.0. The van der Waals surface area contributed by atoms with E-state index in [9.17, 15) is 0 Å². The van der Waals surface area contributed by atoms with Gasteiger partial charge < -0.3 is 8.83 Å². The van der Waals surface area contributed by atoms with Crippen molar-refractivity contribution >= 4 is 65.4 Å². The van der Waals surface area contributed by atoms with E-state index in [1.807, 2.05) is 12.1 Å². The second kappa shape index (κ2) is 9.69. The van der Waals surface area contributed by atoms with Gasteiger partial charge in [0.05, 0.1) is 5.39 Å². The molecule has 214 valence electrons. The molecule has 2 heteroatoms. The first kappa shape index (κ1) is 25.2. The first-order chi connectivity index (χ1) is 22.8. The summed E-state index contributed by atoms with van der Waals surface area (Å²) in [5.74, 6) is 0. The zero-order valence-electron chi connectivity index (χ0n) is 24.8. The van der Waals surface area contributed by atoms with E-state index in [1.54, 1.807) is 0 Å². The maximum absolute atomic E-state index is 6.53. The monoisotopic (exact) mass is 586 g/mol. The SMILES string of the molecule is c1ccc(-c2cccc(-c3c4ccccc4c(-c4ccc5c(c4)oc4ccc6c7ccccc7oc6c45)c4ccccc34)c2)cc1. The molecule has 0 N–H and O–H groups in total. The standard InChI is InChI=1S/C44H26O2/c1-2-11-27(12-3-1)28-13-10-14-29(25-28)41-32-16-4-6-18-34(32)42(35-19-7-5-17-33(35)41)30-21-22-37-40(26-30)45-39-24-23-36-31-15-8-9-20-38(31)46-44(36)43(37)39/h1-26H. The Morgan fingerprint density at radius 3 is 1.57 bits per heavy atom. The molecule has 0 unspecified atom stereocenters. The largest absolute Gasteiger partial charge is 0.456 e. The lowest BCUT2D eigenvalue weighted by Gasteiger charge is -2.18. The predicted molar refractivity (Wildman–Crippen MR) is 192 cm³/mol. The molecule has 0 saturated carbocycles. The summed E-state index contributed by atoms with van der Waals surface area (Å²) >= 11 is 0. The van der Waals surface area contributed by atoms with Gasteiger partial charge in [-0.25, -0.2) is 0 Å². The normalized spacial score (nSPS) is 11.9. The Hall–Kier alpha value is -6.12. The molecule has 46 heavy (non-hydrogen) atoms. The van der Waals surface area contributed by atoms with Crippen LogP contribution in [0.15, 0.2) is 167 Å². The number of hydrogen-bond donors (Lipinski definition) is 0. The van der Waals surface area contributed by atoms with Crippen molar-refractivity contribution in [2.45, 2.75) is 0 Å². The van der Waals surface area contributed by atoms with E-state index in [0.717, 1.165) is 49.4 Å². The highest BCUT2D eigenvalue weighted by Gasteiger charge is 2.20. The van der Waals surface area contributed by atoms with Gasteiger partial charge in [-0.15, -0.1) is 0 Å². The summed E-state index contributed by atoms with van der Waals surface area (Å²) in [6.07, 6.45) is 0. The summed E-state index contributed by atoms with van der Waals surface area (Å²) in [5, 5.41) is 9.22. The average molecular weight is 587 g/mol. The van der Waals surface area contributed by atoms with Crippen molar-refractivity contribution in [1.29, 1.82) is 0 Å². The van der Waals surface area contributed by atoms with E-state index in [1.165, 1.54) is 49.4 Å². The smallest absolute Gasteiger partial charge is 0.147 e. The first-order valence-corrected chi connectivity index (χ1v) is 15.7. The molecule has 0 aliphatic heterocycles.